The summed E-state index contributed by atoms with van der Waals surface area (Å²) in [6.07, 6.45) is 0. The van der Waals surface area contributed by atoms with E-state index < -0.39 is 0 Å². The first kappa shape index (κ1) is 22.1. The lowest BCUT2D eigenvalue weighted by Crippen LogP contribution is -2.27. The van der Waals surface area contributed by atoms with Crippen molar-refractivity contribution in [2.24, 2.45) is 0 Å². The molecule has 1 unspecified atom stereocenters. The minimum absolute atomic E-state index is 0.257. The molecule has 1 atom stereocenters. The lowest BCUT2D eigenvalue weighted by molar-refractivity contribution is 0.0931. The summed E-state index contributed by atoms with van der Waals surface area (Å²) in [4.78, 5) is 12.8. The number of carbonyl (C=O) groups excluding carboxylic acids is 1. The monoisotopic (exact) mass is 442 g/mol. The molecular formula is C27H26N2O4. The second-order valence-electron chi connectivity index (χ2n) is 7.74. The summed E-state index contributed by atoms with van der Waals surface area (Å²) in [5.74, 6) is 1.87. The number of rotatable bonds is 7. The smallest absolute Gasteiger partial charge is 0.273 e. The molecule has 1 heterocycles. The number of aryl methyl sites for hydroxylation is 1. The maximum absolute atomic E-state index is 12.8. The SMILES string of the molecule is COc1ccc(-c2cccc(-c3ccc(OC)cc3)c2C(C)NC(=O)c2cc(C)on2)cc1. The molecule has 0 radical (unpaired) electrons. The molecule has 0 fully saturated rings. The standard InChI is InChI=1S/C27H26N2O4/c1-17-16-25(29-33-17)27(30)28-18(2)26-23(19-8-12-21(31-3)13-9-19)6-5-7-24(26)20-10-14-22(32-4)15-11-20/h5-16,18H,1-4H3,(H,28,30). The maximum atomic E-state index is 12.8. The largest absolute Gasteiger partial charge is 0.497 e. The van der Waals surface area contributed by atoms with Gasteiger partial charge in [-0.1, -0.05) is 47.6 Å². The van der Waals surface area contributed by atoms with Crippen molar-refractivity contribution in [2.75, 3.05) is 14.2 Å². The van der Waals surface area contributed by atoms with Crippen LogP contribution in [0, 0.1) is 6.92 Å². The van der Waals surface area contributed by atoms with Gasteiger partial charge in [0.25, 0.3) is 5.91 Å². The summed E-state index contributed by atoms with van der Waals surface area (Å²) < 4.78 is 15.7. The summed E-state index contributed by atoms with van der Waals surface area (Å²) in [7, 11) is 3.29. The number of aromatic nitrogens is 1. The third kappa shape index (κ3) is 4.75. The Morgan fingerprint density at radius 3 is 1.82 bits per heavy atom. The van der Waals surface area contributed by atoms with E-state index in [0.29, 0.717) is 5.76 Å². The highest BCUT2D eigenvalue weighted by Gasteiger charge is 2.21. The van der Waals surface area contributed by atoms with Gasteiger partial charge in [0.1, 0.15) is 17.3 Å². The number of nitrogens with one attached hydrogen (secondary N) is 1. The fourth-order valence-electron chi connectivity index (χ4n) is 3.89. The van der Waals surface area contributed by atoms with Crippen LogP contribution in [0.4, 0.5) is 0 Å². The molecule has 0 saturated heterocycles. The van der Waals surface area contributed by atoms with Crippen LogP contribution in [0.3, 0.4) is 0 Å². The van der Waals surface area contributed by atoms with Gasteiger partial charge in [-0.15, -0.1) is 0 Å². The van der Waals surface area contributed by atoms with Crippen molar-refractivity contribution in [3.8, 4) is 33.8 Å². The van der Waals surface area contributed by atoms with E-state index >= 15 is 0 Å². The average molecular weight is 443 g/mol. The van der Waals surface area contributed by atoms with Crippen LogP contribution >= 0.6 is 0 Å². The average Bonchev–Trinajstić information content (AvgIpc) is 3.30. The molecule has 33 heavy (non-hydrogen) atoms. The van der Waals surface area contributed by atoms with E-state index in [1.54, 1.807) is 27.2 Å². The van der Waals surface area contributed by atoms with Gasteiger partial charge in [-0.2, -0.15) is 0 Å². The zero-order valence-electron chi connectivity index (χ0n) is 19.1. The molecule has 0 bridgehead atoms. The third-order valence-corrected chi connectivity index (χ3v) is 5.55. The molecule has 1 N–H and O–H groups in total. The van der Waals surface area contributed by atoms with Crippen LogP contribution < -0.4 is 14.8 Å². The van der Waals surface area contributed by atoms with Crippen LogP contribution in [0.5, 0.6) is 11.5 Å². The van der Waals surface area contributed by atoms with E-state index in [2.05, 4.69) is 22.6 Å². The van der Waals surface area contributed by atoms with Gasteiger partial charge in [0.2, 0.25) is 0 Å². The maximum Gasteiger partial charge on any atom is 0.273 e. The second-order valence-corrected chi connectivity index (χ2v) is 7.74. The molecule has 1 amide bonds. The molecular weight excluding hydrogens is 416 g/mol. The van der Waals surface area contributed by atoms with Gasteiger partial charge in [-0.25, -0.2) is 0 Å². The van der Waals surface area contributed by atoms with Crippen molar-refractivity contribution in [2.45, 2.75) is 19.9 Å². The van der Waals surface area contributed by atoms with E-state index in [4.69, 9.17) is 14.0 Å². The Morgan fingerprint density at radius 1 is 0.879 bits per heavy atom. The fraction of sp³-hybridized carbons (Fsp3) is 0.185. The number of nitrogens with zero attached hydrogens (tertiary/aromatic N) is 1. The summed E-state index contributed by atoms with van der Waals surface area (Å²) in [5.41, 5.74) is 5.36. The van der Waals surface area contributed by atoms with Crippen LogP contribution in [-0.2, 0) is 0 Å². The van der Waals surface area contributed by atoms with E-state index in [9.17, 15) is 4.79 Å². The molecule has 0 aliphatic heterocycles. The molecule has 0 aliphatic carbocycles. The Hall–Kier alpha value is -4.06. The van der Waals surface area contributed by atoms with E-state index in [1.165, 1.54) is 0 Å². The molecule has 0 spiro atoms. The Bertz CT molecular complexity index is 1180. The van der Waals surface area contributed by atoms with Crippen molar-refractivity contribution in [3.05, 3.63) is 89.8 Å². The molecule has 6 heteroatoms. The number of methoxy groups -OCH3 is 2. The Morgan fingerprint density at radius 2 is 1.39 bits per heavy atom. The van der Waals surface area contributed by atoms with Crippen molar-refractivity contribution < 1.29 is 18.8 Å². The molecule has 0 aliphatic rings. The molecule has 4 aromatic rings. The van der Waals surface area contributed by atoms with E-state index in [0.717, 1.165) is 39.3 Å². The van der Waals surface area contributed by atoms with Crippen molar-refractivity contribution in [3.63, 3.8) is 0 Å². The summed E-state index contributed by atoms with van der Waals surface area (Å²) in [5, 5.41) is 6.93. The molecule has 0 saturated carbocycles. The first-order chi connectivity index (χ1) is 16.0. The molecule has 4 rings (SSSR count). The quantitative estimate of drug-likeness (QED) is 0.390. The molecule has 1 aromatic heterocycles. The predicted molar refractivity (Wildman–Crippen MR) is 128 cm³/mol. The zero-order chi connectivity index (χ0) is 23.4. The Labute approximate surface area is 193 Å². The highest BCUT2D eigenvalue weighted by atomic mass is 16.5. The number of benzene rings is 3. The van der Waals surface area contributed by atoms with Gasteiger partial charge >= 0.3 is 0 Å². The van der Waals surface area contributed by atoms with Crippen LogP contribution in [0.1, 0.15) is 34.8 Å². The lowest BCUT2D eigenvalue weighted by Gasteiger charge is -2.22. The summed E-state index contributed by atoms with van der Waals surface area (Å²) in [6, 6.07) is 23.3. The fourth-order valence-corrected chi connectivity index (χ4v) is 3.89. The number of amides is 1. The number of ether oxygens (including phenoxy) is 2. The number of hydrogen-bond acceptors (Lipinski definition) is 5. The van der Waals surface area contributed by atoms with Gasteiger partial charge in [-0.05, 0) is 65.9 Å². The van der Waals surface area contributed by atoms with Crippen LogP contribution in [0.15, 0.2) is 77.3 Å². The van der Waals surface area contributed by atoms with Gasteiger partial charge in [0.05, 0.1) is 20.3 Å². The number of hydrogen-bond donors (Lipinski definition) is 1. The summed E-state index contributed by atoms with van der Waals surface area (Å²) >= 11 is 0. The normalized spacial score (nSPS) is 11.6. The third-order valence-electron chi connectivity index (χ3n) is 5.55. The molecule has 6 nitrogen and oxygen atoms in total. The minimum Gasteiger partial charge on any atom is -0.497 e. The van der Waals surface area contributed by atoms with Crippen molar-refractivity contribution in [1.82, 2.24) is 10.5 Å². The first-order valence-electron chi connectivity index (χ1n) is 10.7. The highest BCUT2D eigenvalue weighted by Crippen LogP contribution is 2.37. The van der Waals surface area contributed by atoms with Gasteiger partial charge in [0.15, 0.2) is 5.69 Å². The van der Waals surface area contributed by atoms with Crippen LogP contribution in [-0.4, -0.2) is 25.3 Å². The number of carbonyl (C=O) groups is 1. The van der Waals surface area contributed by atoms with E-state index in [1.807, 2.05) is 61.5 Å². The van der Waals surface area contributed by atoms with Gasteiger partial charge < -0.3 is 19.3 Å². The highest BCUT2D eigenvalue weighted by molar-refractivity contribution is 5.93. The lowest BCUT2D eigenvalue weighted by atomic mass is 9.88. The Balaban J connectivity index is 1.79. The predicted octanol–water partition coefficient (Wildman–Crippen LogP) is 5.83. The first-order valence-corrected chi connectivity index (χ1v) is 10.7. The topological polar surface area (TPSA) is 73.6 Å². The molecule has 3 aromatic carbocycles. The van der Waals surface area contributed by atoms with Gasteiger partial charge in [-0.3, -0.25) is 4.79 Å². The molecule has 168 valence electrons. The van der Waals surface area contributed by atoms with Crippen molar-refractivity contribution in [1.29, 1.82) is 0 Å². The van der Waals surface area contributed by atoms with E-state index in [-0.39, 0.29) is 17.6 Å². The van der Waals surface area contributed by atoms with Gasteiger partial charge in [0, 0.05) is 6.07 Å². The Kier molecular flexibility index (Phi) is 6.45. The zero-order valence-corrected chi connectivity index (χ0v) is 19.1. The minimum atomic E-state index is -0.301. The van der Waals surface area contributed by atoms with Crippen LogP contribution in [0.25, 0.3) is 22.3 Å². The van der Waals surface area contributed by atoms with Crippen molar-refractivity contribution >= 4 is 5.91 Å². The van der Waals surface area contributed by atoms with Crippen LogP contribution in [0.2, 0.25) is 0 Å². The second kappa shape index (κ2) is 9.61. The summed E-state index contributed by atoms with van der Waals surface area (Å²) in [6.45, 7) is 3.73.